The van der Waals surface area contributed by atoms with Crippen molar-refractivity contribution in [2.45, 2.75) is 6.92 Å². The van der Waals surface area contributed by atoms with Gasteiger partial charge < -0.3 is 10.6 Å². The van der Waals surface area contributed by atoms with E-state index in [0.717, 1.165) is 11.6 Å². The highest BCUT2D eigenvalue weighted by Crippen LogP contribution is 2.17. The lowest BCUT2D eigenvalue weighted by Gasteiger charge is -2.16. The molecule has 0 atom stereocenters. The lowest BCUT2D eigenvalue weighted by atomic mass is 10.6. The molecule has 50 valence electrons. The molecule has 2 N–H and O–H groups in total. The van der Waals surface area contributed by atoms with Crippen molar-refractivity contribution in [3.63, 3.8) is 0 Å². The van der Waals surface area contributed by atoms with Crippen molar-refractivity contribution in [3.05, 3.63) is 22.8 Å². The quantitative estimate of drug-likeness (QED) is 0.598. The van der Waals surface area contributed by atoms with Gasteiger partial charge in [0.05, 0.1) is 5.03 Å². The molecule has 0 radical (unpaired) electrons. The predicted molar refractivity (Wildman–Crippen MR) is 41.4 cm³/mol. The number of thioether (sulfide) groups is 1. The Bertz CT molecular complexity index is 151. The van der Waals surface area contributed by atoms with Crippen LogP contribution in [0, 0.1) is 0 Å². The Morgan fingerprint density at radius 2 is 2.56 bits per heavy atom. The van der Waals surface area contributed by atoms with E-state index in [9.17, 15) is 0 Å². The van der Waals surface area contributed by atoms with Gasteiger partial charge in [-0.3, -0.25) is 0 Å². The summed E-state index contributed by atoms with van der Waals surface area (Å²) < 4.78 is 0. The van der Waals surface area contributed by atoms with Gasteiger partial charge in [0.25, 0.3) is 0 Å². The van der Waals surface area contributed by atoms with E-state index in [1.54, 1.807) is 11.8 Å². The lowest BCUT2D eigenvalue weighted by Crippen LogP contribution is -2.12. The van der Waals surface area contributed by atoms with Crippen molar-refractivity contribution >= 4 is 11.8 Å². The van der Waals surface area contributed by atoms with E-state index in [4.69, 9.17) is 5.73 Å². The molecule has 0 fully saturated rings. The molecule has 0 saturated heterocycles. The SMILES string of the molecule is CCN1C=CSC(N)=C1. The summed E-state index contributed by atoms with van der Waals surface area (Å²) in [6.45, 7) is 3.07. The molecule has 0 aromatic heterocycles. The summed E-state index contributed by atoms with van der Waals surface area (Å²) in [5.41, 5.74) is 5.53. The van der Waals surface area contributed by atoms with Gasteiger partial charge in [-0.2, -0.15) is 0 Å². The summed E-state index contributed by atoms with van der Waals surface area (Å²) in [5, 5.41) is 2.85. The summed E-state index contributed by atoms with van der Waals surface area (Å²) in [7, 11) is 0. The van der Waals surface area contributed by atoms with Crippen LogP contribution in [0.15, 0.2) is 22.8 Å². The van der Waals surface area contributed by atoms with Gasteiger partial charge in [0.15, 0.2) is 0 Å². The fourth-order valence-corrected chi connectivity index (χ4v) is 1.19. The van der Waals surface area contributed by atoms with Crippen LogP contribution in [-0.4, -0.2) is 11.4 Å². The van der Waals surface area contributed by atoms with E-state index in [2.05, 4.69) is 6.92 Å². The highest BCUT2D eigenvalue weighted by Gasteiger charge is 1.97. The van der Waals surface area contributed by atoms with Crippen molar-refractivity contribution in [3.8, 4) is 0 Å². The Labute approximate surface area is 59.4 Å². The van der Waals surface area contributed by atoms with E-state index in [1.165, 1.54) is 0 Å². The van der Waals surface area contributed by atoms with Crippen LogP contribution in [0.3, 0.4) is 0 Å². The molecule has 1 heterocycles. The molecular formula is C6H10N2S. The van der Waals surface area contributed by atoms with Crippen LogP contribution in [0.1, 0.15) is 6.92 Å². The second-order valence-corrected chi connectivity index (χ2v) is 2.74. The van der Waals surface area contributed by atoms with E-state index in [1.807, 2.05) is 22.7 Å². The molecule has 0 unspecified atom stereocenters. The summed E-state index contributed by atoms with van der Waals surface area (Å²) in [5.74, 6) is 0. The van der Waals surface area contributed by atoms with Crippen LogP contribution in [0.4, 0.5) is 0 Å². The van der Waals surface area contributed by atoms with E-state index < -0.39 is 0 Å². The molecule has 2 nitrogen and oxygen atoms in total. The zero-order chi connectivity index (χ0) is 6.69. The fraction of sp³-hybridized carbons (Fsp3) is 0.333. The first-order valence-corrected chi connectivity index (χ1v) is 3.77. The second kappa shape index (κ2) is 2.82. The van der Waals surface area contributed by atoms with Crippen molar-refractivity contribution < 1.29 is 0 Å². The van der Waals surface area contributed by atoms with Crippen molar-refractivity contribution in [1.29, 1.82) is 0 Å². The summed E-state index contributed by atoms with van der Waals surface area (Å²) in [6, 6.07) is 0. The molecule has 0 aromatic carbocycles. The van der Waals surface area contributed by atoms with Gasteiger partial charge in [-0.1, -0.05) is 11.8 Å². The third-order valence-electron chi connectivity index (χ3n) is 1.11. The Kier molecular flexibility index (Phi) is 2.05. The molecule has 9 heavy (non-hydrogen) atoms. The largest absolute Gasteiger partial charge is 0.392 e. The van der Waals surface area contributed by atoms with E-state index in [-0.39, 0.29) is 0 Å². The van der Waals surface area contributed by atoms with Gasteiger partial charge in [-0.25, -0.2) is 0 Å². The summed E-state index contributed by atoms with van der Waals surface area (Å²) in [4.78, 5) is 2.05. The number of nitrogens with two attached hydrogens (primary N) is 1. The smallest absolute Gasteiger partial charge is 0.0863 e. The predicted octanol–water partition coefficient (Wildman–Crippen LogP) is 1.28. The first-order valence-electron chi connectivity index (χ1n) is 2.89. The van der Waals surface area contributed by atoms with Gasteiger partial charge in [0.2, 0.25) is 0 Å². The second-order valence-electron chi connectivity index (χ2n) is 1.76. The van der Waals surface area contributed by atoms with Crippen LogP contribution in [0.2, 0.25) is 0 Å². The standard InChI is InChI=1S/C6H10N2S/c1-2-8-3-4-9-6(7)5-8/h3-5H,2,7H2,1H3. The van der Waals surface area contributed by atoms with Crippen molar-refractivity contribution in [2.75, 3.05) is 6.54 Å². The van der Waals surface area contributed by atoms with Gasteiger partial charge >= 0.3 is 0 Å². The zero-order valence-electron chi connectivity index (χ0n) is 5.37. The van der Waals surface area contributed by atoms with Crippen LogP contribution >= 0.6 is 11.8 Å². The first-order chi connectivity index (χ1) is 4.33. The number of nitrogens with zero attached hydrogens (tertiary/aromatic N) is 1. The molecule has 3 heteroatoms. The van der Waals surface area contributed by atoms with Crippen molar-refractivity contribution in [1.82, 2.24) is 4.90 Å². The highest BCUT2D eigenvalue weighted by molar-refractivity contribution is 8.05. The molecule has 1 aliphatic heterocycles. The number of hydrogen-bond acceptors (Lipinski definition) is 3. The fourth-order valence-electron chi connectivity index (χ4n) is 0.621. The number of rotatable bonds is 1. The van der Waals surface area contributed by atoms with Gasteiger partial charge in [0.1, 0.15) is 0 Å². The maximum Gasteiger partial charge on any atom is 0.0863 e. The molecule has 0 saturated carbocycles. The molecule has 1 aliphatic rings. The monoisotopic (exact) mass is 142 g/mol. The Balaban J connectivity index is 2.55. The average molecular weight is 142 g/mol. The normalized spacial score (nSPS) is 17.9. The van der Waals surface area contributed by atoms with Crippen LogP contribution in [0.5, 0.6) is 0 Å². The Hall–Kier alpha value is -0.570. The van der Waals surface area contributed by atoms with E-state index >= 15 is 0 Å². The Morgan fingerprint density at radius 3 is 3.00 bits per heavy atom. The van der Waals surface area contributed by atoms with Crippen LogP contribution in [0.25, 0.3) is 0 Å². The average Bonchev–Trinajstić information content (AvgIpc) is 1.88. The summed E-state index contributed by atoms with van der Waals surface area (Å²) in [6.07, 6.45) is 3.95. The first kappa shape index (κ1) is 6.55. The van der Waals surface area contributed by atoms with Crippen LogP contribution in [-0.2, 0) is 0 Å². The molecule has 0 aliphatic carbocycles. The molecule has 1 rings (SSSR count). The lowest BCUT2D eigenvalue weighted by molar-refractivity contribution is 0.534. The van der Waals surface area contributed by atoms with Crippen LogP contribution < -0.4 is 5.73 Å². The molecular weight excluding hydrogens is 132 g/mol. The van der Waals surface area contributed by atoms with Gasteiger partial charge in [0, 0.05) is 18.9 Å². The summed E-state index contributed by atoms with van der Waals surface area (Å²) >= 11 is 1.55. The molecule has 0 spiro atoms. The van der Waals surface area contributed by atoms with Gasteiger partial charge in [-0.05, 0) is 12.3 Å². The maximum absolute atomic E-state index is 5.53. The maximum atomic E-state index is 5.53. The third-order valence-corrected chi connectivity index (χ3v) is 1.75. The molecule has 0 aromatic rings. The van der Waals surface area contributed by atoms with Crippen molar-refractivity contribution in [2.24, 2.45) is 5.73 Å². The third kappa shape index (κ3) is 1.68. The minimum absolute atomic E-state index is 0.861. The highest BCUT2D eigenvalue weighted by atomic mass is 32.2. The molecule has 0 amide bonds. The zero-order valence-corrected chi connectivity index (χ0v) is 6.19. The Morgan fingerprint density at radius 1 is 1.78 bits per heavy atom. The van der Waals surface area contributed by atoms with Gasteiger partial charge in [-0.15, -0.1) is 0 Å². The number of hydrogen-bond donors (Lipinski definition) is 1. The minimum Gasteiger partial charge on any atom is -0.392 e. The van der Waals surface area contributed by atoms with E-state index in [0.29, 0.717) is 0 Å². The topological polar surface area (TPSA) is 29.3 Å². The minimum atomic E-state index is 0.861. The molecule has 0 bridgehead atoms.